The van der Waals surface area contributed by atoms with Crippen molar-refractivity contribution in [3.8, 4) is 0 Å². The third kappa shape index (κ3) is 3.35. The van der Waals surface area contributed by atoms with E-state index in [0.29, 0.717) is 13.0 Å². The first kappa shape index (κ1) is 17.4. The predicted molar refractivity (Wildman–Crippen MR) is 100 cm³/mol. The van der Waals surface area contributed by atoms with Gasteiger partial charge in [-0.15, -0.1) is 0 Å². The number of para-hydroxylation sites is 1. The SMILES string of the molecule is COC(=O)Cn1c2c(c3ccccc31)CC(C(=O)NCc1ccco1)CC2. The van der Waals surface area contributed by atoms with Crippen molar-refractivity contribution in [2.45, 2.75) is 32.4 Å². The van der Waals surface area contributed by atoms with Crippen molar-refractivity contribution >= 4 is 22.8 Å². The summed E-state index contributed by atoms with van der Waals surface area (Å²) in [7, 11) is 1.40. The average molecular weight is 366 g/mol. The number of hydrogen-bond donors (Lipinski definition) is 1. The number of methoxy groups -OCH3 is 1. The lowest BCUT2D eigenvalue weighted by Crippen LogP contribution is -2.34. The Morgan fingerprint density at radius 3 is 2.89 bits per heavy atom. The van der Waals surface area contributed by atoms with Crippen LogP contribution in [0, 0.1) is 5.92 Å². The van der Waals surface area contributed by atoms with E-state index in [9.17, 15) is 9.59 Å². The number of aromatic nitrogens is 1. The summed E-state index contributed by atoms with van der Waals surface area (Å²) >= 11 is 0. The molecular formula is C21H22N2O4. The molecule has 0 radical (unpaired) electrons. The Hall–Kier alpha value is -3.02. The molecule has 0 saturated carbocycles. The Morgan fingerprint density at radius 1 is 1.26 bits per heavy atom. The van der Waals surface area contributed by atoms with Gasteiger partial charge in [0.05, 0.1) is 19.9 Å². The molecule has 0 saturated heterocycles. The monoisotopic (exact) mass is 366 g/mol. The number of rotatable bonds is 5. The Kier molecular flexibility index (Phi) is 4.71. The molecule has 140 valence electrons. The van der Waals surface area contributed by atoms with E-state index in [2.05, 4.69) is 11.4 Å². The second-order valence-corrected chi connectivity index (χ2v) is 6.84. The van der Waals surface area contributed by atoms with Gasteiger partial charge in [-0.3, -0.25) is 9.59 Å². The van der Waals surface area contributed by atoms with Gasteiger partial charge in [0.25, 0.3) is 0 Å². The molecule has 1 N–H and O–H groups in total. The molecule has 27 heavy (non-hydrogen) atoms. The topological polar surface area (TPSA) is 73.5 Å². The van der Waals surface area contributed by atoms with Crippen LogP contribution in [0.5, 0.6) is 0 Å². The number of carbonyl (C=O) groups excluding carboxylic acids is 2. The number of amides is 1. The van der Waals surface area contributed by atoms with Crippen LogP contribution < -0.4 is 5.32 Å². The van der Waals surface area contributed by atoms with Crippen molar-refractivity contribution in [3.63, 3.8) is 0 Å². The lowest BCUT2D eigenvalue weighted by Gasteiger charge is -2.23. The summed E-state index contributed by atoms with van der Waals surface area (Å²) in [5.41, 5.74) is 3.32. The molecule has 6 nitrogen and oxygen atoms in total. The van der Waals surface area contributed by atoms with Crippen LogP contribution in [-0.2, 0) is 40.3 Å². The quantitative estimate of drug-likeness (QED) is 0.705. The highest BCUT2D eigenvalue weighted by Gasteiger charge is 2.29. The molecular weight excluding hydrogens is 344 g/mol. The fourth-order valence-electron chi connectivity index (χ4n) is 3.93. The van der Waals surface area contributed by atoms with Crippen LogP contribution >= 0.6 is 0 Å². The molecule has 6 heteroatoms. The van der Waals surface area contributed by atoms with Gasteiger partial charge in [-0.2, -0.15) is 0 Å². The maximum absolute atomic E-state index is 12.6. The Morgan fingerprint density at radius 2 is 2.11 bits per heavy atom. The van der Waals surface area contributed by atoms with E-state index in [-0.39, 0.29) is 24.3 Å². The molecule has 1 amide bonds. The molecule has 0 fully saturated rings. The van der Waals surface area contributed by atoms with E-state index in [1.54, 1.807) is 6.26 Å². The van der Waals surface area contributed by atoms with Gasteiger partial charge in [-0.1, -0.05) is 18.2 Å². The molecule has 1 aromatic carbocycles. The lowest BCUT2D eigenvalue weighted by molar-refractivity contribution is -0.141. The number of nitrogens with one attached hydrogen (secondary N) is 1. The third-order valence-corrected chi connectivity index (χ3v) is 5.28. The first-order valence-electron chi connectivity index (χ1n) is 9.13. The van der Waals surface area contributed by atoms with Crippen LogP contribution in [0.4, 0.5) is 0 Å². The first-order chi connectivity index (χ1) is 13.2. The minimum absolute atomic E-state index is 0.0434. The van der Waals surface area contributed by atoms with Crippen molar-refractivity contribution in [2.75, 3.05) is 7.11 Å². The number of benzene rings is 1. The molecule has 0 spiro atoms. The molecule has 0 bridgehead atoms. The van der Waals surface area contributed by atoms with E-state index in [1.165, 1.54) is 12.7 Å². The Bertz CT molecular complexity index is 972. The van der Waals surface area contributed by atoms with Gasteiger partial charge in [0, 0.05) is 22.5 Å². The summed E-state index contributed by atoms with van der Waals surface area (Å²) in [5.74, 6) is 0.443. The molecule has 4 rings (SSSR count). The maximum atomic E-state index is 12.6. The minimum Gasteiger partial charge on any atom is -0.468 e. The van der Waals surface area contributed by atoms with Gasteiger partial charge in [0.2, 0.25) is 5.91 Å². The zero-order valence-corrected chi connectivity index (χ0v) is 15.2. The van der Waals surface area contributed by atoms with E-state index in [0.717, 1.165) is 35.2 Å². The summed E-state index contributed by atoms with van der Waals surface area (Å²) < 4.78 is 12.2. The van der Waals surface area contributed by atoms with E-state index >= 15 is 0 Å². The van der Waals surface area contributed by atoms with Crippen LogP contribution in [-0.4, -0.2) is 23.6 Å². The Balaban J connectivity index is 1.57. The molecule has 1 unspecified atom stereocenters. The number of fused-ring (bicyclic) bond motifs is 3. The van der Waals surface area contributed by atoms with Gasteiger partial charge in [-0.05, 0) is 43.0 Å². The standard InChI is InChI=1S/C21H22N2O4/c1-26-20(24)13-23-18-7-3-2-6-16(18)17-11-14(8-9-19(17)23)21(25)22-12-15-5-4-10-27-15/h2-7,10,14H,8-9,11-13H2,1H3,(H,22,25). The van der Waals surface area contributed by atoms with Crippen LogP contribution in [0.1, 0.15) is 23.4 Å². The number of hydrogen-bond acceptors (Lipinski definition) is 4. The lowest BCUT2D eigenvalue weighted by atomic mass is 9.85. The van der Waals surface area contributed by atoms with Crippen molar-refractivity contribution in [3.05, 3.63) is 59.7 Å². The predicted octanol–water partition coefficient (Wildman–Crippen LogP) is 2.83. The van der Waals surface area contributed by atoms with Crippen molar-refractivity contribution in [1.82, 2.24) is 9.88 Å². The number of esters is 1. The first-order valence-corrected chi connectivity index (χ1v) is 9.13. The zero-order valence-electron chi connectivity index (χ0n) is 15.2. The highest BCUT2D eigenvalue weighted by atomic mass is 16.5. The van der Waals surface area contributed by atoms with Crippen LogP contribution in [0.25, 0.3) is 10.9 Å². The maximum Gasteiger partial charge on any atom is 0.325 e. The molecule has 3 aromatic rings. The smallest absolute Gasteiger partial charge is 0.325 e. The highest BCUT2D eigenvalue weighted by molar-refractivity contribution is 5.88. The van der Waals surface area contributed by atoms with Crippen LogP contribution in [0.2, 0.25) is 0 Å². The van der Waals surface area contributed by atoms with Crippen LogP contribution in [0.3, 0.4) is 0 Å². The van der Waals surface area contributed by atoms with Gasteiger partial charge >= 0.3 is 5.97 Å². The number of carbonyl (C=O) groups is 2. The third-order valence-electron chi connectivity index (χ3n) is 5.28. The normalized spacial score (nSPS) is 16.1. The highest BCUT2D eigenvalue weighted by Crippen LogP contribution is 2.34. The van der Waals surface area contributed by atoms with Crippen molar-refractivity contribution in [1.29, 1.82) is 0 Å². The molecule has 1 atom stereocenters. The molecule has 1 aliphatic rings. The molecule has 2 aromatic heterocycles. The average Bonchev–Trinajstić information content (AvgIpc) is 3.33. The fraction of sp³-hybridized carbons (Fsp3) is 0.333. The van der Waals surface area contributed by atoms with Gasteiger partial charge in [-0.25, -0.2) is 0 Å². The van der Waals surface area contributed by atoms with E-state index < -0.39 is 0 Å². The van der Waals surface area contributed by atoms with Gasteiger partial charge < -0.3 is 19.0 Å². The summed E-state index contributed by atoms with van der Waals surface area (Å²) in [5, 5.41) is 4.08. The van der Waals surface area contributed by atoms with Gasteiger partial charge in [0.1, 0.15) is 12.3 Å². The summed E-state index contributed by atoms with van der Waals surface area (Å²) in [4.78, 5) is 24.5. The fourth-order valence-corrected chi connectivity index (χ4v) is 3.93. The number of ether oxygens (including phenoxy) is 1. The minimum atomic E-state index is -0.267. The Labute approximate surface area is 157 Å². The zero-order chi connectivity index (χ0) is 18.8. The van der Waals surface area contributed by atoms with Gasteiger partial charge in [0.15, 0.2) is 0 Å². The van der Waals surface area contributed by atoms with E-state index in [4.69, 9.17) is 9.15 Å². The van der Waals surface area contributed by atoms with E-state index in [1.807, 2.05) is 34.9 Å². The van der Waals surface area contributed by atoms with Crippen molar-refractivity contribution < 1.29 is 18.7 Å². The largest absolute Gasteiger partial charge is 0.468 e. The number of furan rings is 1. The molecule has 0 aliphatic heterocycles. The van der Waals surface area contributed by atoms with Crippen molar-refractivity contribution in [2.24, 2.45) is 5.92 Å². The summed E-state index contributed by atoms with van der Waals surface area (Å²) in [6.45, 7) is 0.598. The molecule has 1 aliphatic carbocycles. The van der Waals surface area contributed by atoms with Crippen LogP contribution in [0.15, 0.2) is 47.1 Å². The summed E-state index contributed by atoms with van der Waals surface area (Å²) in [6.07, 6.45) is 3.80. The molecule has 2 heterocycles. The second kappa shape index (κ2) is 7.31. The summed E-state index contributed by atoms with van der Waals surface area (Å²) in [6, 6.07) is 11.7. The number of nitrogens with zero attached hydrogens (tertiary/aromatic N) is 1. The second-order valence-electron chi connectivity index (χ2n) is 6.84.